The van der Waals surface area contributed by atoms with Crippen molar-refractivity contribution in [3.63, 3.8) is 0 Å². The first-order chi connectivity index (χ1) is 8.32. The van der Waals surface area contributed by atoms with E-state index in [1.165, 1.54) is 7.05 Å². The van der Waals surface area contributed by atoms with E-state index < -0.39 is 11.9 Å². The lowest BCUT2D eigenvalue weighted by atomic mass is 10.1. The van der Waals surface area contributed by atoms with Crippen molar-refractivity contribution in [3.8, 4) is 0 Å². The second-order valence-electron chi connectivity index (χ2n) is 3.88. The van der Waals surface area contributed by atoms with Crippen LogP contribution in [0.2, 0.25) is 0 Å². The fourth-order valence-electron chi connectivity index (χ4n) is 1.71. The molecule has 1 aromatic rings. The maximum Gasteiger partial charge on any atom is 0.435 e. The molecule has 0 radical (unpaired) electrons. The molecule has 0 aliphatic carbocycles. The molecule has 0 fully saturated rings. The molecule has 8 heteroatoms. The number of nitrogens with one attached hydrogen (secondary N) is 2. The van der Waals surface area contributed by atoms with Crippen LogP contribution in [0.4, 0.5) is 19.0 Å². The smallest absolute Gasteiger partial charge is 0.355 e. The number of allylic oxidation sites excluding steroid dienone is 1. The molecule has 2 heterocycles. The Morgan fingerprint density at radius 1 is 1.56 bits per heavy atom. The summed E-state index contributed by atoms with van der Waals surface area (Å²) < 4.78 is 38.6. The molecule has 0 aromatic carbocycles. The summed E-state index contributed by atoms with van der Waals surface area (Å²) in [6.07, 6.45) is -4.49. The molecule has 1 amide bonds. The summed E-state index contributed by atoms with van der Waals surface area (Å²) in [5, 5.41) is 8.61. The summed E-state index contributed by atoms with van der Waals surface area (Å²) in [5.41, 5.74) is -0.0896. The number of hydrogen-bond donors (Lipinski definition) is 2. The third-order valence-electron chi connectivity index (χ3n) is 2.65. The number of halogens is 3. The number of carbonyl (C=O) groups is 1. The Morgan fingerprint density at radius 3 is 2.78 bits per heavy atom. The minimum absolute atomic E-state index is 0.0178. The Labute approximate surface area is 101 Å². The van der Waals surface area contributed by atoms with Gasteiger partial charge < -0.3 is 10.6 Å². The molecule has 2 N–H and O–H groups in total. The molecule has 1 aliphatic rings. The van der Waals surface area contributed by atoms with Crippen LogP contribution in [-0.2, 0) is 17.5 Å². The van der Waals surface area contributed by atoms with Gasteiger partial charge in [0.15, 0.2) is 5.69 Å². The molecule has 1 aliphatic heterocycles. The summed E-state index contributed by atoms with van der Waals surface area (Å²) in [7, 11) is 1.46. The first kappa shape index (κ1) is 12.5. The first-order valence-electron chi connectivity index (χ1n) is 5.17. The van der Waals surface area contributed by atoms with E-state index in [-0.39, 0.29) is 18.3 Å². The standard InChI is InChI=1S/C10H11F3N4O/c1-5-6(9(18)14-2)4-17-8(15-5)3-7(16-17)10(11,12)13/h3,15H,4H2,1-2H3,(H,14,18). The van der Waals surface area contributed by atoms with Gasteiger partial charge in [-0.3, -0.25) is 4.79 Å². The predicted octanol–water partition coefficient (Wildman–Crippen LogP) is 1.35. The van der Waals surface area contributed by atoms with Crippen LogP contribution >= 0.6 is 0 Å². The van der Waals surface area contributed by atoms with Crippen LogP contribution in [0.5, 0.6) is 0 Å². The summed E-state index contributed by atoms with van der Waals surface area (Å²) in [4.78, 5) is 11.5. The molecule has 0 saturated carbocycles. The highest BCUT2D eigenvalue weighted by Crippen LogP contribution is 2.32. The van der Waals surface area contributed by atoms with Gasteiger partial charge in [0.25, 0.3) is 5.91 Å². The Bertz CT molecular complexity index is 530. The quantitative estimate of drug-likeness (QED) is 0.801. The highest BCUT2D eigenvalue weighted by atomic mass is 19.4. The number of rotatable bonds is 1. The van der Waals surface area contributed by atoms with Crippen molar-refractivity contribution in [1.29, 1.82) is 0 Å². The van der Waals surface area contributed by atoms with Crippen molar-refractivity contribution in [3.05, 3.63) is 23.0 Å². The molecule has 0 spiro atoms. The highest BCUT2D eigenvalue weighted by molar-refractivity contribution is 5.94. The van der Waals surface area contributed by atoms with E-state index in [4.69, 9.17) is 0 Å². The first-order valence-corrected chi connectivity index (χ1v) is 5.17. The average molecular weight is 260 g/mol. The van der Waals surface area contributed by atoms with Gasteiger partial charge in [0, 0.05) is 18.8 Å². The van der Waals surface area contributed by atoms with Crippen LogP contribution < -0.4 is 10.6 Å². The molecule has 5 nitrogen and oxygen atoms in total. The normalized spacial score (nSPS) is 15.2. The molecule has 0 bridgehead atoms. The summed E-state index contributed by atoms with van der Waals surface area (Å²) in [6.45, 7) is 1.65. The lowest BCUT2D eigenvalue weighted by Crippen LogP contribution is -2.28. The maximum absolute atomic E-state index is 12.5. The van der Waals surface area contributed by atoms with Crippen molar-refractivity contribution in [2.24, 2.45) is 0 Å². The van der Waals surface area contributed by atoms with Crippen LogP contribution in [0.1, 0.15) is 12.6 Å². The van der Waals surface area contributed by atoms with Crippen molar-refractivity contribution in [2.45, 2.75) is 19.6 Å². The number of alkyl halides is 3. The van der Waals surface area contributed by atoms with Gasteiger partial charge in [-0.25, -0.2) is 4.68 Å². The second kappa shape index (κ2) is 4.04. The SMILES string of the molecule is CNC(=O)C1=C(C)Nc2cc(C(F)(F)F)nn2C1. The molecule has 18 heavy (non-hydrogen) atoms. The monoisotopic (exact) mass is 260 g/mol. The third kappa shape index (κ3) is 2.05. The number of carbonyl (C=O) groups excluding carboxylic acids is 1. The van der Waals surface area contributed by atoms with Crippen LogP contribution in [0.3, 0.4) is 0 Å². The predicted molar refractivity (Wildman–Crippen MR) is 57.6 cm³/mol. The van der Waals surface area contributed by atoms with E-state index in [2.05, 4.69) is 15.7 Å². The van der Waals surface area contributed by atoms with Gasteiger partial charge >= 0.3 is 6.18 Å². The topological polar surface area (TPSA) is 59.0 Å². The largest absolute Gasteiger partial charge is 0.435 e. The number of nitrogens with zero attached hydrogens (tertiary/aromatic N) is 2. The average Bonchev–Trinajstić information content (AvgIpc) is 2.69. The zero-order chi connectivity index (χ0) is 13.5. The molecular weight excluding hydrogens is 249 g/mol. The fourth-order valence-corrected chi connectivity index (χ4v) is 1.71. The van der Waals surface area contributed by atoms with Gasteiger partial charge in [0.2, 0.25) is 0 Å². The minimum atomic E-state index is -4.49. The van der Waals surface area contributed by atoms with Crippen molar-refractivity contribution < 1.29 is 18.0 Å². The molecule has 0 atom stereocenters. The van der Waals surface area contributed by atoms with E-state index in [1.807, 2.05) is 0 Å². The number of fused-ring (bicyclic) bond motifs is 1. The van der Waals surface area contributed by atoms with Gasteiger partial charge in [-0.1, -0.05) is 0 Å². The van der Waals surface area contributed by atoms with Gasteiger partial charge in [0.1, 0.15) is 5.82 Å². The van der Waals surface area contributed by atoms with Crippen molar-refractivity contribution >= 4 is 11.7 Å². The zero-order valence-corrected chi connectivity index (χ0v) is 9.72. The van der Waals surface area contributed by atoms with Crippen LogP contribution in [0.15, 0.2) is 17.3 Å². The van der Waals surface area contributed by atoms with Crippen LogP contribution in [-0.4, -0.2) is 22.7 Å². The number of likely N-dealkylation sites (N-methyl/N-ethyl adjacent to an activating group) is 1. The number of anilines is 1. The van der Waals surface area contributed by atoms with Gasteiger partial charge in [0.05, 0.1) is 12.1 Å². The highest BCUT2D eigenvalue weighted by Gasteiger charge is 2.36. The van der Waals surface area contributed by atoms with E-state index in [0.717, 1.165) is 10.7 Å². The number of hydrogen-bond acceptors (Lipinski definition) is 3. The zero-order valence-electron chi connectivity index (χ0n) is 9.72. The third-order valence-corrected chi connectivity index (χ3v) is 2.65. The van der Waals surface area contributed by atoms with E-state index >= 15 is 0 Å². The molecule has 0 saturated heterocycles. The molecule has 1 aromatic heterocycles. The second-order valence-corrected chi connectivity index (χ2v) is 3.88. The molecule has 0 unspecified atom stereocenters. The number of amides is 1. The van der Waals surface area contributed by atoms with Gasteiger partial charge in [-0.05, 0) is 6.92 Å². The summed E-state index contributed by atoms with van der Waals surface area (Å²) >= 11 is 0. The lowest BCUT2D eigenvalue weighted by Gasteiger charge is -2.20. The van der Waals surface area contributed by atoms with Crippen LogP contribution in [0, 0.1) is 0 Å². The Hall–Kier alpha value is -1.99. The van der Waals surface area contributed by atoms with Gasteiger partial charge in [-0.2, -0.15) is 18.3 Å². The van der Waals surface area contributed by atoms with Crippen molar-refractivity contribution in [2.75, 3.05) is 12.4 Å². The molecule has 2 rings (SSSR count). The minimum Gasteiger partial charge on any atom is -0.355 e. The molecular formula is C10H11F3N4O. The fraction of sp³-hybridized carbons (Fsp3) is 0.400. The summed E-state index contributed by atoms with van der Waals surface area (Å²) in [6, 6.07) is 0.921. The van der Waals surface area contributed by atoms with Crippen LogP contribution in [0.25, 0.3) is 0 Å². The Kier molecular flexibility index (Phi) is 2.80. The number of aromatic nitrogens is 2. The lowest BCUT2D eigenvalue weighted by molar-refractivity contribution is -0.141. The maximum atomic E-state index is 12.5. The summed E-state index contributed by atoms with van der Waals surface area (Å²) in [5.74, 6) is -0.109. The van der Waals surface area contributed by atoms with E-state index in [1.54, 1.807) is 6.92 Å². The van der Waals surface area contributed by atoms with Crippen molar-refractivity contribution in [1.82, 2.24) is 15.1 Å². The molecule has 98 valence electrons. The van der Waals surface area contributed by atoms with E-state index in [0.29, 0.717) is 11.3 Å². The Morgan fingerprint density at radius 2 is 2.22 bits per heavy atom. The Balaban J connectivity index is 2.34. The van der Waals surface area contributed by atoms with Gasteiger partial charge in [-0.15, -0.1) is 0 Å². The van der Waals surface area contributed by atoms with E-state index in [9.17, 15) is 18.0 Å².